The van der Waals surface area contributed by atoms with Crippen LogP contribution in [0.25, 0.3) is 0 Å². The molecule has 3 amide bonds. The highest BCUT2D eigenvalue weighted by Crippen LogP contribution is 2.31. The van der Waals surface area contributed by atoms with E-state index in [0.29, 0.717) is 28.4 Å². The van der Waals surface area contributed by atoms with Crippen molar-refractivity contribution in [2.24, 2.45) is 11.7 Å². The van der Waals surface area contributed by atoms with E-state index in [9.17, 15) is 14.4 Å². The van der Waals surface area contributed by atoms with E-state index >= 15 is 0 Å². The number of benzene rings is 2. The SMILES string of the molecule is COc1cc(C(=O)Nc2cccc(NC(=O)C3CC3)c2)ccc1OCC(N)=O. The van der Waals surface area contributed by atoms with Gasteiger partial charge in [-0.3, -0.25) is 14.4 Å². The summed E-state index contributed by atoms with van der Waals surface area (Å²) in [5.74, 6) is -0.259. The maximum Gasteiger partial charge on any atom is 0.255 e. The van der Waals surface area contributed by atoms with E-state index in [4.69, 9.17) is 15.2 Å². The van der Waals surface area contributed by atoms with Crippen molar-refractivity contribution in [1.82, 2.24) is 0 Å². The normalized spacial score (nSPS) is 12.8. The van der Waals surface area contributed by atoms with Gasteiger partial charge >= 0.3 is 0 Å². The average molecular weight is 383 g/mol. The highest BCUT2D eigenvalue weighted by Gasteiger charge is 2.29. The molecule has 2 aromatic rings. The van der Waals surface area contributed by atoms with Crippen LogP contribution in [0.2, 0.25) is 0 Å². The molecule has 0 heterocycles. The predicted octanol–water partition coefficient (Wildman–Crippen LogP) is 2.16. The Morgan fingerprint density at radius 2 is 1.75 bits per heavy atom. The minimum Gasteiger partial charge on any atom is -0.493 e. The van der Waals surface area contributed by atoms with Crippen LogP contribution in [0.3, 0.4) is 0 Å². The second-order valence-electron chi connectivity index (χ2n) is 6.42. The summed E-state index contributed by atoms with van der Waals surface area (Å²) in [5, 5.41) is 5.62. The summed E-state index contributed by atoms with van der Waals surface area (Å²) in [7, 11) is 1.43. The minimum atomic E-state index is -0.613. The largest absolute Gasteiger partial charge is 0.493 e. The van der Waals surface area contributed by atoms with Gasteiger partial charge < -0.3 is 25.8 Å². The van der Waals surface area contributed by atoms with Crippen molar-refractivity contribution in [3.05, 3.63) is 48.0 Å². The number of anilines is 2. The number of amides is 3. The zero-order chi connectivity index (χ0) is 20.1. The lowest BCUT2D eigenvalue weighted by atomic mass is 10.1. The first-order chi connectivity index (χ1) is 13.5. The Bertz CT molecular complexity index is 908. The molecular formula is C20H21N3O5. The number of carbonyl (C=O) groups excluding carboxylic acids is 3. The highest BCUT2D eigenvalue weighted by atomic mass is 16.5. The van der Waals surface area contributed by atoms with E-state index in [1.54, 1.807) is 30.3 Å². The molecule has 8 nitrogen and oxygen atoms in total. The molecule has 146 valence electrons. The Hall–Kier alpha value is -3.55. The Morgan fingerprint density at radius 3 is 2.39 bits per heavy atom. The quantitative estimate of drug-likeness (QED) is 0.645. The van der Waals surface area contributed by atoms with Crippen molar-refractivity contribution in [2.75, 3.05) is 24.4 Å². The van der Waals surface area contributed by atoms with Crippen LogP contribution in [-0.2, 0) is 9.59 Å². The van der Waals surface area contributed by atoms with Gasteiger partial charge in [-0.15, -0.1) is 0 Å². The molecule has 2 aromatic carbocycles. The lowest BCUT2D eigenvalue weighted by Crippen LogP contribution is -2.20. The van der Waals surface area contributed by atoms with E-state index in [-0.39, 0.29) is 24.3 Å². The second-order valence-corrected chi connectivity index (χ2v) is 6.42. The van der Waals surface area contributed by atoms with Crippen LogP contribution in [-0.4, -0.2) is 31.4 Å². The van der Waals surface area contributed by atoms with Crippen LogP contribution in [0.4, 0.5) is 11.4 Å². The summed E-state index contributed by atoms with van der Waals surface area (Å²) in [6.07, 6.45) is 1.84. The fraction of sp³-hybridized carbons (Fsp3) is 0.250. The van der Waals surface area contributed by atoms with E-state index in [0.717, 1.165) is 12.8 Å². The van der Waals surface area contributed by atoms with Crippen LogP contribution in [0.5, 0.6) is 11.5 Å². The second kappa shape index (κ2) is 8.43. The molecule has 3 rings (SSSR count). The van der Waals surface area contributed by atoms with Crippen molar-refractivity contribution in [3.8, 4) is 11.5 Å². The molecule has 8 heteroatoms. The molecule has 0 aromatic heterocycles. The monoisotopic (exact) mass is 383 g/mol. The molecule has 0 atom stereocenters. The van der Waals surface area contributed by atoms with Crippen molar-refractivity contribution in [2.45, 2.75) is 12.8 Å². The predicted molar refractivity (Wildman–Crippen MR) is 103 cm³/mol. The van der Waals surface area contributed by atoms with Crippen molar-refractivity contribution in [3.63, 3.8) is 0 Å². The Morgan fingerprint density at radius 1 is 1.04 bits per heavy atom. The molecule has 1 aliphatic carbocycles. The number of primary amides is 1. The molecule has 0 saturated heterocycles. The van der Waals surface area contributed by atoms with Gasteiger partial charge in [-0.05, 0) is 49.2 Å². The molecule has 0 unspecified atom stereocenters. The molecular weight excluding hydrogens is 362 g/mol. The first-order valence-corrected chi connectivity index (χ1v) is 8.77. The van der Waals surface area contributed by atoms with E-state index in [1.165, 1.54) is 19.2 Å². The lowest BCUT2D eigenvalue weighted by Gasteiger charge is -2.12. The maximum absolute atomic E-state index is 12.5. The standard InChI is InChI=1S/C20H21N3O5/c1-27-17-9-13(7-8-16(17)28-11-18(21)24)20(26)23-15-4-2-3-14(10-15)22-19(25)12-5-6-12/h2-4,7-10,12H,5-6,11H2,1H3,(H2,21,24)(H,22,25)(H,23,26). The zero-order valence-corrected chi connectivity index (χ0v) is 15.4. The summed E-state index contributed by atoms with van der Waals surface area (Å²) in [6.45, 7) is -0.290. The molecule has 4 N–H and O–H groups in total. The van der Waals surface area contributed by atoms with Crippen molar-refractivity contribution in [1.29, 1.82) is 0 Å². The smallest absolute Gasteiger partial charge is 0.255 e. The molecule has 0 aliphatic heterocycles. The van der Waals surface area contributed by atoms with E-state index < -0.39 is 5.91 Å². The molecule has 0 radical (unpaired) electrons. The Kier molecular flexibility index (Phi) is 5.78. The molecule has 1 aliphatic rings. The number of hydrogen-bond donors (Lipinski definition) is 3. The number of carbonyl (C=O) groups is 3. The van der Waals surface area contributed by atoms with Crippen molar-refractivity contribution >= 4 is 29.1 Å². The number of nitrogens with two attached hydrogens (primary N) is 1. The number of nitrogens with one attached hydrogen (secondary N) is 2. The third kappa shape index (κ3) is 5.00. The number of rotatable bonds is 8. The fourth-order valence-corrected chi connectivity index (χ4v) is 2.54. The summed E-state index contributed by atoms with van der Waals surface area (Å²) in [4.78, 5) is 35.3. The Labute approximate surface area is 162 Å². The van der Waals surface area contributed by atoms with Gasteiger partial charge in [-0.25, -0.2) is 0 Å². The minimum absolute atomic E-state index is 0.000220. The number of methoxy groups -OCH3 is 1. The van der Waals surface area contributed by atoms with E-state index in [2.05, 4.69) is 10.6 Å². The third-order valence-corrected chi connectivity index (χ3v) is 4.13. The van der Waals surface area contributed by atoms with Gasteiger partial charge in [-0.1, -0.05) is 6.07 Å². The first-order valence-electron chi connectivity index (χ1n) is 8.77. The third-order valence-electron chi connectivity index (χ3n) is 4.13. The topological polar surface area (TPSA) is 120 Å². The summed E-state index contributed by atoms with van der Waals surface area (Å²) < 4.78 is 10.5. The molecule has 1 saturated carbocycles. The van der Waals surface area contributed by atoms with Gasteiger partial charge in [0.05, 0.1) is 7.11 Å². The van der Waals surface area contributed by atoms with Crippen LogP contribution in [0, 0.1) is 5.92 Å². The van der Waals surface area contributed by atoms with Crippen LogP contribution in [0.1, 0.15) is 23.2 Å². The number of hydrogen-bond acceptors (Lipinski definition) is 5. The number of ether oxygens (including phenoxy) is 2. The lowest BCUT2D eigenvalue weighted by molar-refractivity contribution is -0.120. The summed E-state index contributed by atoms with van der Waals surface area (Å²) in [6, 6.07) is 11.5. The summed E-state index contributed by atoms with van der Waals surface area (Å²) >= 11 is 0. The Balaban J connectivity index is 1.68. The van der Waals surface area contributed by atoms with Gasteiger partial charge in [-0.2, -0.15) is 0 Å². The van der Waals surface area contributed by atoms with Crippen LogP contribution < -0.4 is 25.8 Å². The van der Waals surface area contributed by atoms with Crippen LogP contribution in [0.15, 0.2) is 42.5 Å². The van der Waals surface area contributed by atoms with Crippen LogP contribution >= 0.6 is 0 Å². The molecule has 1 fully saturated rings. The van der Waals surface area contributed by atoms with Crippen molar-refractivity contribution < 1.29 is 23.9 Å². The van der Waals surface area contributed by atoms with E-state index in [1.807, 2.05) is 0 Å². The molecule has 0 spiro atoms. The fourth-order valence-electron chi connectivity index (χ4n) is 2.54. The molecule has 28 heavy (non-hydrogen) atoms. The van der Waals surface area contributed by atoms with Gasteiger partial charge in [0.15, 0.2) is 18.1 Å². The van der Waals surface area contributed by atoms with Gasteiger partial charge in [0, 0.05) is 22.9 Å². The highest BCUT2D eigenvalue weighted by molar-refractivity contribution is 6.05. The zero-order valence-electron chi connectivity index (χ0n) is 15.4. The summed E-state index contributed by atoms with van der Waals surface area (Å²) in [5.41, 5.74) is 6.58. The molecule has 0 bridgehead atoms. The van der Waals surface area contributed by atoms with Gasteiger partial charge in [0.1, 0.15) is 0 Å². The maximum atomic E-state index is 12.5. The van der Waals surface area contributed by atoms with Gasteiger partial charge in [0.25, 0.3) is 11.8 Å². The first kappa shape index (κ1) is 19.2. The average Bonchev–Trinajstić information content (AvgIpc) is 3.51. The van der Waals surface area contributed by atoms with Gasteiger partial charge in [0.2, 0.25) is 5.91 Å².